The average molecular weight is 401 g/mol. The molecule has 0 bridgehead atoms. The van der Waals surface area contributed by atoms with Crippen LogP contribution in [-0.2, 0) is 4.79 Å². The van der Waals surface area contributed by atoms with E-state index in [-0.39, 0.29) is 0 Å². The van der Waals surface area contributed by atoms with Gasteiger partial charge >= 0.3 is 0 Å². The molecule has 0 heterocycles. The highest BCUT2D eigenvalue weighted by Crippen LogP contribution is 2.68. The van der Waals surface area contributed by atoms with Gasteiger partial charge in [-0.15, -0.1) is 0 Å². The molecule has 0 spiro atoms. The molecule has 4 saturated carbocycles. The Bertz CT molecular complexity index is 607. The molecule has 4 aliphatic rings. The van der Waals surface area contributed by atoms with Gasteiger partial charge < -0.3 is 0 Å². The lowest BCUT2D eigenvalue weighted by Gasteiger charge is -2.60. The van der Waals surface area contributed by atoms with Crippen LogP contribution >= 0.6 is 0 Å². The second-order valence-corrected chi connectivity index (χ2v) is 12.9. The molecule has 4 rings (SSSR count). The zero-order valence-electron chi connectivity index (χ0n) is 20.3. The van der Waals surface area contributed by atoms with Crippen LogP contribution < -0.4 is 0 Å². The number of hydrogen-bond donors (Lipinski definition) is 0. The van der Waals surface area contributed by atoms with Crippen molar-refractivity contribution in [1.82, 2.24) is 0 Å². The number of ketones is 1. The van der Waals surface area contributed by atoms with Crippen LogP contribution in [0, 0.1) is 58.2 Å². The van der Waals surface area contributed by atoms with Crippen LogP contribution in [0.5, 0.6) is 0 Å². The lowest BCUT2D eigenvalue weighted by molar-refractivity contribution is -0.140. The summed E-state index contributed by atoms with van der Waals surface area (Å²) in [6.07, 6.45) is 14.4. The SMILES string of the molecule is CC(C)[C@H](C)CC[C@@H](C)[C@@H]1CC[C@@H]2[C@@H]3CC[C@H]4CC(=O)CC[C@]4(C)[C@@H]3CC[C@@]21C. The number of carbonyl (C=O) groups excluding carboxylic acids is 1. The van der Waals surface area contributed by atoms with Crippen LogP contribution in [-0.4, -0.2) is 5.78 Å². The maximum Gasteiger partial charge on any atom is 0.133 e. The van der Waals surface area contributed by atoms with Crippen molar-refractivity contribution in [1.29, 1.82) is 0 Å². The summed E-state index contributed by atoms with van der Waals surface area (Å²) in [5.74, 6) is 7.60. The van der Waals surface area contributed by atoms with Gasteiger partial charge in [-0.2, -0.15) is 0 Å². The zero-order valence-corrected chi connectivity index (χ0v) is 20.3. The Morgan fingerprint density at radius 3 is 2.31 bits per heavy atom. The Morgan fingerprint density at radius 1 is 0.862 bits per heavy atom. The summed E-state index contributed by atoms with van der Waals surface area (Å²) in [5, 5.41) is 0. The second kappa shape index (κ2) is 7.98. The molecular weight excluding hydrogens is 352 g/mol. The van der Waals surface area contributed by atoms with Crippen molar-refractivity contribution < 1.29 is 4.79 Å². The minimum Gasteiger partial charge on any atom is -0.300 e. The highest BCUT2D eigenvalue weighted by atomic mass is 16.1. The molecule has 166 valence electrons. The lowest BCUT2D eigenvalue weighted by atomic mass is 9.44. The van der Waals surface area contributed by atoms with Gasteiger partial charge in [0.15, 0.2) is 0 Å². The van der Waals surface area contributed by atoms with Crippen molar-refractivity contribution in [3.05, 3.63) is 0 Å². The summed E-state index contributed by atoms with van der Waals surface area (Å²) in [6.45, 7) is 15.1. The molecule has 0 aromatic carbocycles. The van der Waals surface area contributed by atoms with E-state index in [1.54, 1.807) is 0 Å². The highest BCUT2D eigenvalue weighted by Gasteiger charge is 2.60. The molecule has 4 aliphatic carbocycles. The molecule has 0 N–H and O–H groups in total. The Hall–Kier alpha value is -0.330. The summed E-state index contributed by atoms with van der Waals surface area (Å²) in [4.78, 5) is 12.1. The number of fused-ring (bicyclic) bond motifs is 5. The normalized spacial score (nSPS) is 46.7. The Kier molecular flexibility index (Phi) is 6.02. The molecule has 1 heteroatoms. The first-order valence-corrected chi connectivity index (χ1v) is 13.2. The molecular formula is C28H48O. The Morgan fingerprint density at radius 2 is 1.59 bits per heavy atom. The standard InChI is InChI=1S/C28H48O/c1-18(2)19(3)7-8-20(4)24-11-12-25-23-10-9-21-17-22(29)13-15-27(21,5)26(23)14-16-28(24,25)6/h18-21,23-26H,7-17H2,1-6H3/t19-,20-,21+,23+,24+,25-,26-,27+,28-/m1/s1. The minimum absolute atomic E-state index is 0.467. The van der Waals surface area contributed by atoms with E-state index in [1.807, 2.05) is 0 Å². The lowest BCUT2D eigenvalue weighted by Crippen LogP contribution is -2.53. The predicted octanol–water partition coefficient (Wildman–Crippen LogP) is 7.92. The summed E-state index contributed by atoms with van der Waals surface area (Å²) in [5.41, 5.74) is 1.06. The van der Waals surface area contributed by atoms with Crippen LogP contribution in [0.1, 0.15) is 112 Å². The van der Waals surface area contributed by atoms with Gasteiger partial charge in [0.1, 0.15) is 5.78 Å². The summed E-state index contributed by atoms with van der Waals surface area (Å²) in [7, 11) is 0. The van der Waals surface area contributed by atoms with Gasteiger partial charge in [0, 0.05) is 12.8 Å². The fourth-order valence-corrected chi connectivity index (χ4v) is 9.08. The van der Waals surface area contributed by atoms with E-state index in [4.69, 9.17) is 0 Å². The molecule has 0 radical (unpaired) electrons. The van der Waals surface area contributed by atoms with Crippen molar-refractivity contribution in [2.75, 3.05) is 0 Å². The molecule has 9 atom stereocenters. The third-order valence-corrected chi connectivity index (χ3v) is 11.5. The summed E-state index contributed by atoms with van der Waals surface area (Å²) >= 11 is 0. The minimum atomic E-state index is 0.467. The van der Waals surface area contributed by atoms with Crippen LogP contribution in [0.3, 0.4) is 0 Å². The first-order valence-electron chi connectivity index (χ1n) is 13.2. The third-order valence-electron chi connectivity index (χ3n) is 11.5. The third kappa shape index (κ3) is 3.65. The van der Waals surface area contributed by atoms with E-state index in [0.717, 1.165) is 54.3 Å². The van der Waals surface area contributed by atoms with E-state index in [2.05, 4.69) is 41.5 Å². The van der Waals surface area contributed by atoms with E-state index < -0.39 is 0 Å². The molecule has 1 nitrogen and oxygen atoms in total. The van der Waals surface area contributed by atoms with Gasteiger partial charge in [-0.1, -0.05) is 54.4 Å². The fraction of sp³-hybridized carbons (Fsp3) is 0.964. The van der Waals surface area contributed by atoms with Gasteiger partial charge in [0.25, 0.3) is 0 Å². The largest absolute Gasteiger partial charge is 0.300 e. The molecule has 0 amide bonds. The van der Waals surface area contributed by atoms with E-state index in [9.17, 15) is 4.79 Å². The smallest absolute Gasteiger partial charge is 0.133 e. The van der Waals surface area contributed by atoms with Crippen LogP contribution in [0.15, 0.2) is 0 Å². The Balaban J connectivity index is 1.46. The molecule has 0 aromatic rings. The van der Waals surface area contributed by atoms with E-state index in [0.29, 0.717) is 22.5 Å². The van der Waals surface area contributed by atoms with E-state index in [1.165, 1.54) is 57.8 Å². The van der Waals surface area contributed by atoms with Gasteiger partial charge in [-0.05, 0) is 103 Å². The summed E-state index contributed by atoms with van der Waals surface area (Å²) in [6, 6.07) is 0. The number of carbonyl (C=O) groups is 1. The quantitative estimate of drug-likeness (QED) is 0.458. The van der Waals surface area contributed by atoms with Crippen molar-refractivity contribution in [2.45, 2.75) is 112 Å². The van der Waals surface area contributed by atoms with Gasteiger partial charge in [-0.25, -0.2) is 0 Å². The molecule has 0 saturated heterocycles. The molecule has 4 fully saturated rings. The molecule has 29 heavy (non-hydrogen) atoms. The van der Waals surface area contributed by atoms with Crippen molar-refractivity contribution >= 4 is 5.78 Å². The second-order valence-electron chi connectivity index (χ2n) is 12.9. The van der Waals surface area contributed by atoms with Gasteiger partial charge in [0.2, 0.25) is 0 Å². The van der Waals surface area contributed by atoms with Crippen molar-refractivity contribution in [3.8, 4) is 0 Å². The maximum atomic E-state index is 12.1. The first-order chi connectivity index (χ1) is 13.7. The number of rotatable bonds is 5. The van der Waals surface area contributed by atoms with Crippen molar-refractivity contribution in [2.24, 2.45) is 58.2 Å². The average Bonchev–Trinajstić information content (AvgIpc) is 3.03. The molecule has 0 aromatic heterocycles. The number of Topliss-reactive ketones (excluding diaryl/α,β-unsaturated/α-hetero) is 1. The highest BCUT2D eigenvalue weighted by molar-refractivity contribution is 5.79. The fourth-order valence-electron chi connectivity index (χ4n) is 9.08. The zero-order chi connectivity index (χ0) is 21.0. The topological polar surface area (TPSA) is 17.1 Å². The van der Waals surface area contributed by atoms with Crippen molar-refractivity contribution in [3.63, 3.8) is 0 Å². The van der Waals surface area contributed by atoms with Gasteiger partial charge in [0.05, 0.1) is 0 Å². The molecule has 0 unspecified atom stereocenters. The Labute approximate surface area is 181 Å². The maximum absolute atomic E-state index is 12.1. The van der Waals surface area contributed by atoms with Crippen LogP contribution in [0.4, 0.5) is 0 Å². The number of hydrogen-bond acceptors (Lipinski definition) is 1. The van der Waals surface area contributed by atoms with Crippen LogP contribution in [0.25, 0.3) is 0 Å². The van der Waals surface area contributed by atoms with Gasteiger partial charge in [-0.3, -0.25) is 4.79 Å². The van der Waals surface area contributed by atoms with Crippen LogP contribution in [0.2, 0.25) is 0 Å². The predicted molar refractivity (Wildman–Crippen MR) is 123 cm³/mol. The van der Waals surface area contributed by atoms with E-state index >= 15 is 0 Å². The monoisotopic (exact) mass is 400 g/mol. The first kappa shape index (κ1) is 21.9. The summed E-state index contributed by atoms with van der Waals surface area (Å²) < 4.78 is 0. The molecule has 0 aliphatic heterocycles.